The van der Waals surface area contributed by atoms with Gasteiger partial charge in [0.1, 0.15) is 5.75 Å². The zero-order valence-electron chi connectivity index (χ0n) is 8.84. The molecule has 2 heteroatoms. The van der Waals surface area contributed by atoms with Gasteiger partial charge >= 0.3 is 0 Å². The zero-order chi connectivity index (χ0) is 9.97. The molecule has 2 rings (SSSR count). The quantitative estimate of drug-likeness (QED) is 0.776. The van der Waals surface area contributed by atoms with Crippen LogP contribution in [0, 0.1) is 0 Å². The van der Waals surface area contributed by atoms with Crippen LogP contribution in [0.2, 0.25) is 0 Å². The maximum atomic E-state index is 5.21. The van der Waals surface area contributed by atoms with Crippen LogP contribution in [0.3, 0.4) is 0 Å². The van der Waals surface area contributed by atoms with Crippen molar-refractivity contribution in [3.8, 4) is 5.75 Å². The number of methoxy groups -OCH3 is 1. The minimum Gasteiger partial charge on any atom is -0.497 e. The Bertz CT molecular complexity index is 322. The van der Waals surface area contributed by atoms with Crippen LogP contribution >= 0.6 is 0 Å². The summed E-state index contributed by atoms with van der Waals surface area (Å²) in [6.45, 7) is 2.23. The summed E-state index contributed by atoms with van der Waals surface area (Å²) in [5.41, 5.74) is 2.66. The number of hydrogen-bond acceptors (Lipinski definition) is 2. The Kier molecular flexibility index (Phi) is 2.62. The molecule has 1 atom stereocenters. The molecule has 0 aromatic heterocycles. The summed E-state index contributed by atoms with van der Waals surface area (Å²) < 4.78 is 5.21. The maximum Gasteiger partial charge on any atom is 0.119 e. The van der Waals surface area contributed by atoms with E-state index in [4.69, 9.17) is 4.74 Å². The molecule has 76 valence electrons. The maximum absolute atomic E-state index is 5.21. The predicted octanol–water partition coefficient (Wildman–Crippen LogP) is 2.83. The molecule has 0 aliphatic carbocycles. The third-order valence-corrected chi connectivity index (χ3v) is 2.93. The second kappa shape index (κ2) is 3.91. The van der Waals surface area contributed by atoms with Gasteiger partial charge in [0.2, 0.25) is 0 Å². The smallest absolute Gasteiger partial charge is 0.119 e. The lowest BCUT2D eigenvalue weighted by Crippen LogP contribution is -2.24. The van der Waals surface area contributed by atoms with Crippen molar-refractivity contribution in [3.63, 3.8) is 0 Å². The van der Waals surface area contributed by atoms with Gasteiger partial charge in [-0.2, -0.15) is 0 Å². The van der Waals surface area contributed by atoms with Gasteiger partial charge in [0.05, 0.1) is 7.11 Å². The van der Waals surface area contributed by atoms with Crippen LogP contribution in [0.25, 0.3) is 0 Å². The van der Waals surface area contributed by atoms with E-state index in [1.807, 2.05) is 6.07 Å². The SMILES string of the molecule is CC[C@@H]1CCc2cc(OC)ccc2N1. The minimum atomic E-state index is 0.649. The van der Waals surface area contributed by atoms with Crippen molar-refractivity contribution in [2.75, 3.05) is 12.4 Å². The van der Waals surface area contributed by atoms with Crippen LogP contribution in [0.15, 0.2) is 18.2 Å². The van der Waals surface area contributed by atoms with E-state index in [9.17, 15) is 0 Å². The van der Waals surface area contributed by atoms with E-state index in [2.05, 4.69) is 24.4 Å². The second-order valence-electron chi connectivity index (χ2n) is 3.81. The first-order valence-corrected chi connectivity index (χ1v) is 5.27. The molecule has 14 heavy (non-hydrogen) atoms. The summed E-state index contributed by atoms with van der Waals surface area (Å²) in [5, 5.41) is 3.54. The third kappa shape index (κ3) is 1.69. The van der Waals surface area contributed by atoms with Crippen molar-refractivity contribution >= 4 is 5.69 Å². The third-order valence-electron chi connectivity index (χ3n) is 2.93. The number of anilines is 1. The van der Waals surface area contributed by atoms with Crippen molar-refractivity contribution in [1.82, 2.24) is 0 Å². The topological polar surface area (TPSA) is 21.3 Å². The first-order valence-electron chi connectivity index (χ1n) is 5.27. The zero-order valence-corrected chi connectivity index (χ0v) is 8.84. The number of ether oxygens (including phenoxy) is 1. The van der Waals surface area contributed by atoms with Gasteiger partial charge in [-0.1, -0.05) is 6.92 Å². The average molecular weight is 191 g/mol. The first kappa shape index (κ1) is 9.38. The molecule has 0 amide bonds. The van der Waals surface area contributed by atoms with Gasteiger partial charge in [-0.15, -0.1) is 0 Å². The fraction of sp³-hybridized carbons (Fsp3) is 0.500. The summed E-state index contributed by atoms with van der Waals surface area (Å²) in [4.78, 5) is 0. The lowest BCUT2D eigenvalue weighted by molar-refractivity contribution is 0.414. The van der Waals surface area contributed by atoms with Crippen molar-refractivity contribution in [2.24, 2.45) is 0 Å². The Hall–Kier alpha value is -1.18. The molecule has 0 radical (unpaired) electrons. The highest BCUT2D eigenvalue weighted by Crippen LogP contribution is 2.29. The first-order chi connectivity index (χ1) is 6.83. The molecule has 2 nitrogen and oxygen atoms in total. The van der Waals surface area contributed by atoms with E-state index >= 15 is 0 Å². The molecule has 0 saturated heterocycles. The Morgan fingerprint density at radius 3 is 3.07 bits per heavy atom. The Morgan fingerprint density at radius 1 is 1.50 bits per heavy atom. The molecule has 1 aliphatic heterocycles. The predicted molar refractivity (Wildman–Crippen MR) is 59.0 cm³/mol. The number of aryl methyl sites for hydroxylation is 1. The number of benzene rings is 1. The Morgan fingerprint density at radius 2 is 2.36 bits per heavy atom. The van der Waals surface area contributed by atoms with Gasteiger partial charge < -0.3 is 10.1 Å². The molecule has 1 aromatic rings. The minimum absolute atomic E-state index is 0.649. The van der Waals surface area contributed by atoms with Crippen molar-refractivity contribution < 1.29 is 4.74 Å². The van der Waals surface area contributed by atoms with E-state index in [0.717, 1.165) is 12.2 Å². The van der Waals surface area contributed by atoms with E-state index in [0.29, 0.717) is 6.04 Å². The van der Waals surface area contributed by atoms with Gasteiger partial charge in [-0.3, -0.25) is 0 Å². The largest absolute Gasteiger partial charge is 0.497 e. The average Bonchev–Trinajstić information content (AvgIpc) is 2.27. The van der Waals surface area contributed by atoms with Gasteiger partial charge in [-0.25, -0.2) is 0 Å². The summed E-state index contributed by atoms with van der Waals surface area (Å²) in [6, 6.07) is 6.92. The van der Waals surface area contributed by atoms with Crippen LogP contribution in [-0.2, 0) is 6.42 Å². The van der Waals surface area contributed by atoms with Crippen LogP contribution in [0.4, 0.5) is 5.69 Å². The summed E-state index contributed by atoms with van der Waals surface area (Å²) in [5.74, 6) is 0.959. The second-order valence-corrected chi connectivity index (χ2v) is 3.81. The van der Waals surface area contributed by atoms with Gasteiger partial charge in [-0.05, 0) is 43.0 Å². The highest BCUT2D eigenvalue weighted by Gasteiger charge is 2.15. The number of fused-ring (bicyclic) bond motifs is 1. The molecular weight excluding hydrogens is 174 g/mol. The standard InChI is InChI=1S/C12H17NO/c1-3-10-5-4-9-8-11(14-2)6-7-12(9)13-10/h6-8,10,13H,3-5H2,1-2H3/t10-/m1/s1. The summed E-state index contributed by atoms with van der Waals surface area (Å²) in [7, 11) is 1.72. The van der Waals surface area contributed by atoms with Gasteiger partial charge in [0, 0.05) is 11.7 Å². The van der Waals surface area contributed by atoms with E-state index < -0.39 is 0 Å². The van der Waals surface area contributed by atoms with Crippen LogP contribution in [-0.4, -0.2) is 13.2 Å². The monoisotopic (exact) mass is 191 g/mol. The molecule has 0 fully saturated rings. The number of hydrogen-bond donors (Lipinski definition) is 1. The van der Waals surface area contributed by atoms with Gasteiger partial charge in [0.25, 0.3) is 0 Å². The fourth-order valence-electron chi connectivity index (χ4n) is 1.97. The summed E-state index contributed by atoms with van der Waals surface area (Å²) in [6.07, 6.45) is 3.60. The number of nitrogens with one attached hydrogen (secondary N) is 1. The fourth-order valence-corrected chi connectivity index (χ4v) is 1.97. The van der Waals surface area contributed by atoms with Crippen LogP contribution < -0.4 is 10.1 Å². The molecule has 0 spiro atoms. The van der Waals surface area contributed by atoms with E-state index in [1.165, 1.54) is 24.1 Å². The Balaban J connectivity index is 2.23. The highest BCUT2D eigenvalue weighted by molar-refractivity contribution is 5.56. The number of rotatable bonds is 2. The van der Waals surface area contributed by atoms with E-state index in [1.54, 1.807) is 7.11 Å². The molecule has 0 unspecified atom stereocenters. The van der Waals surface area contributed by atoms with Crippen molar-refractivity contribution in [3.05, 3.63) is 23.8 Å². The normalized spacial score (nSPS) is 19.7. The van der Waals surface area contributed by atoms with E-state index in [-0.39, 0.29) is 0 Å². The summed E-state index contributed by atoms with van der Waals surface area (Å²) >= 11 is 0. The molecule has 1 heterocycles. The lowest BCUT2D eigenvalue weighted by atomic mass is 9.96. The van der Waals surface area contributed by atoms with Crippen LogP contribution in [0.1, 0.15) is 25.3 Å². The molecule has 0 bridgehead atoms. The molecular formula is C12H17NO. The van der Waals surface area contributed by atoms with Gasteiger partial charge in [0.15, 0.2) is 0 Å². The lowest BCUT2D eigenvalue weighted by Gasteiger charge is -2.26. The molecule has 1 aromatic carbocycles. The molecule has 1 aliphatic rings. The molecule has 1 N–H and O–H groups in total. The highest BCUT2D eigenvalue weighted by atomic mass is 16.5. The van der Waals surface area contributed by atoms with Crippen LogP contribution in [0.5, 0.6) is 5.75 Å². The van der Waals surface area contributed by atoms with Crippen molar-refractivity contribution in [1.29, 1.82) is 0 Å². The Labute approximate surface area is 85.3 Å². The molecule has 0 saturated carbocycles. The van der Waals surface area contributed by atoms with Crippen molar-refractivity contribution in [2.45, 2.75) is 32.2 Å².